The molecule has 3 heteroatoms. The minimum Gasteiger partial charge on any atom is -0.336 e. The molecule has 2 atom stereocenters. The van der Waals surface area contributed by atoms with Crippen LogP contribution in [0, 0.1) is 0 Å². The minimum atomic E-state index is 0.0800. The first-order chi connectivity index (χ1) is 5.66. The van der Waals surface area contributed by atoms with Gasteiger partial charge in [0.1, 0.15) is 5.88 Å². The Morgan fingerprint density at radius 2 is 1.92 bits per heavy atom. The number of rotatable bonds is 1. The van der Waals surface area contributed by atoms with E-state index in [1.54, 1.807) is 0 Å². The van der Waals surface area contributed by atoms with Gasteiger partial charge < -0.3 is 4.90 Å². The molecule has 0 aromatic heterocycles. The van der Waals surface area contributed by atoms with Crippen LogP contribution in [0.2, 0.25) is 0 Å². The van der Waals surface area contributed by atoms with Gasteiger partial charge in [0, 0.05) is 12.1 Å². The van der Waals surface area contributed by atoms with Crippen LogP contribution in [0.4, 0.5) is 0 Å². The van der Waals surface area contributed by atoms with Crippen molar-refractivity contribution in [2.45, 2.75) is 45.2 Å². The maximum atomic E-state index is 11.4. The Labute approximate surface area is 78.9 Å². The molecule has 1 heterocycles. The van der Waals surface area contributed by atoms with Crippen molar-refractivity contribution in [3.05, 3.63) is 0 Å². The molecular weight excluding hydrogens is 174 g/mol. The van der Waals surface area contributed by atoms with Gasteiger partial charge >= 0.3 is 0 Å². The first-order valence-electron chi connectivity index (χ1n) is 4.54. The van der Waals surface area contributed by atoms with Gasteiger partial charge in [0.15, 0.2) is 0 Å². The van der Waals surface area contributed by atoms with Crippen molar-refractivity contribution < 1.29 is 4.79 Å². The van der Waals surface area contributed by atoms with Crippen molar-refractivity contribution in [3.63, 3.8) is 0 Å². The minimum absolute atomic E-state index is 0.0800. The highest BCUT2D eigenvalue weighted by Crippen LogP contribution is 2.22. The first-order valence-corrected chi connectivity index (χ1v) is 5.07. The number of alkyl halides is 1. The van der Waals surface area contributed by atoms with Crippen LogP contribution >= 0.6 is 11.6 Å². The van der Waals surface area contributed by atoms with Crippen molar-refractivity contribution >= 4 is 17.5 Å². The molecule has 1 rings (SSSR count). The zero-order valence-corrected chi connectivity index (χ0v) is 8.47. The van der Waals surface area contributed by atoms with Crippen LogP contribution in [0.3, 0.4) is 0 Å². The molecule has 1 saturated heterocycles. The standard InChI is InChI=1S/C9H16ClNO/c1-7-4-3-5-8(2)11(7)9(12)6-10/h7-8H,3-6H2,1-2H3/t7-,8-/m1/s1. The normalized spacial score (nSPS) is 30.4. The average molecular weight is 190 g/mol. The average Bonchev–Trinajstić information content (AvgIpc) is 2.03. The third-order valence-corrected chi connectivity index (χ3v) is 2.82. The summed E-state index contributed by atoms with van der Waals surface area (Å²) < 4.78 is 0. The Kier molecular flexibility index (Phi) is 3.39. The first kappa shape index (κ1) is 9.85. The second-order valence-electron chi connectivity index (χ2n) is 3.56. The molecule has 2 nitrogen and oxygen atoms in total. The summed E-state index contributed by atoms with van der Waals surface area (Å²) in [5, 5.41) is 0. The number of carbonyl (C=O) groups excluding carboxylic acids is 1. The molecule has 1 fully saturated rings. The van der Waals surface area contributed by atoms with E-state index < -0.39 is 0 Å². The summed E-state index contributed by atoms with van der Waals surface area (Å²) in [5.74, 6) is 0.200. The van der Waals surface area contributed by atoms with E-state index in [0.717, 1.165) is 12.8 Å². The number of likely N-dealkylation sites (tertiary alicyclic amines) is 1. The van der Waals surface area contributed by atoms with Crippen molar-refractivity contribution in [3.8, 4) is 0 Å². The second kappa shape index (κ2) is 4.13. The fourth-order valence-electron chi connectivity index (χ4n) is 1.98. The summed E-state index contributed by atoms with van der Waals surface area (Å²) in [5.41, 5.74) is 0. The Hall–Kier alpha value is -0.240. The van der Waals surface area contributed by atoms with Gasteiger partial charge in [-0.15, -0.1) is 11.6 Å². The van der Waals surface area contributed by atoms with E-state index in [2.05, 4.69) is 13.8 Å². The van der Waals surface area contributed by atoms with Gasteiger partial charge in [-0.1, -0.05) is 0 Å². The van der Waals surface area contributed by atoms with Crippen LogP contribution in [0.5, 0.6) is 0 Å². The van der Waals surface area contributed by atoms with E-state index in [1.807, 2.05) is 4.90 Å². The molecule has 0 bridgehead atoms. The lowest BCUT2D eigenvalue weighted by molar-refractivity contribution is -0.134. The van der Waals surface area contributed by atoms with Crippen molar-refractivity contribution in [2.75, 3.05) is 5.88 Å². The number of amides is 1. The van der Waals surface area contributed by atoms with Crippen LogP contribution in [-0.4, -0.2) is 28.8 Å². The molecular formula is C9H16ClNO. The summed E-state index contributed by atoms with van der Waals surface area (Å²) in [6, 6.07) is 0.750. The lowest BCUT2D eigenvalue weighted by atomic mass is 9.98. The highest BCUT2D eigenvalue weighted by Gasteiger charge is 2.27. The predicted octanol–water partition coefficient (Wildman–Crippen LogP) is 2.01. The van der Waals surface area contributed by atoms with Gasteiger partial charge in [-0.25, -0.2) is 0 Å². The molecule has 1 amide bonds. The SMILES string of the molecule is C[C@@H]1CCC[C@@H](C)N1C(=O)CCl. The van der Waals surface area contributed by atoms with Crippen molar-refractivity contribution in [1.82, 2.24) is 4.90 Å². The Morgan fingerprint density at radius 1 is 1.42 bits per heavy atom. The second-order valence-corrected chi connectivity index (χ2v) is 3.83. The molecule has 0 unspecified atom stereocenters. The molecule has 0 N–H and O–H groups in total. The maximum absolute atomic E-state index is 11.4. The number of piperidine rings is 1. The van der Waals surface area contributed by atoms with E-state index in [1.165, 1.54) is 6.42 Å². The molecule has 1 aliphatic rings. The highest BCUT2D eigenvalue weighted by atomic mass is 35.5. The number of hydrogen-bond donors (Lipinski definition) is 0. The summed E-state index contributed by atoms with van der Waals surface area (Å²) in [6.45, 7) is 4.19. The largest absolute Gasteiger partial charge is 0.336 e. The maximum Gasteiger partial charge on any atom is 0.237 e. The summed E-state index contributed by atoms with van der Waals surface area (Å²) >= 11 is 5.52. The monoisotopic (exact) mass is 189 g/mol. The lowest BCUT2D eigenvalue weighted by Crippen LogP contribution is -2.48. The van der Waals surface area contributed by atoms with E-state index in [-0.39, 0.29) is 11.8 Å². The van der Waals surface area contributed by atoms with Crippen molar-refractivity contribution in [2.24, 2.45) is 0 Å². The molecule has 0 spiro atoms. The smallest absolute Gasteiger partial charge is 0.237 e. The molecule has 12 heavy (non-hydrogen) atoms. The van der Waals surface area contributed by atoms with Gasteiger partial charge in [-0.05, 0) is 33.1 Å². The topological polar surface area (TPSA) is 20.3 Å². The van der Waals surface area contributed by atoms with Gasteiger partial charge in [-0.3, -0.25) is 4.79 Å². The molecule has 0 radical (unpaired) electrons. The molecule has 70 valence electrons. The Bertz CT molecular complexity index is 162. The summed E-state index contributed by atoms with van der Waals surface area (Å²) in [7, 11) is 0. The molecule has 0 aromatic rings. The highest BCUT2D eigenvalue weighted by molar-refractivity contribution is 6.27. The lowest BCUT2D eigenvalue weighted by Gasteiger charge is -2.38. The zero-order chi connectivity index (χ0) is 9.14. The molecule has 0 aromatic carbocycles. The fraction of sp³-hybridized carbons (Fsp3) is 0.889. The van der Waals surface area contributed by atoms with Crippen LogP contribution in [0.15, 0.2) is 0 Å². The zero-order valence-electron chi connectivity index (χ0n) is 7.72. The number of halogens is 1. The van der Waals surface area contributed by atoms with E-state index in [4.69, 9.17) is 11.6 Å². The van der Waals surface area contributed by atoms with E-state index in [0.29, 0.717) is 12.1 Å². The number of hydrogen-bond acceptors (Lipinski definition) is 1. The van der Waals surface area contributed by atoms with Crippen LogP contribution < -0.4 is 0 Å². The van der Waals surface area contributed by atoms with Gasteiger partial charge in [0.05, 0.1) is 0 Å². The fourth-order valence-corrected chi connectivity index (χ4v) is 2.12. The van der Waals surface area contributed by atoms with E-state index >= 15 is 0 Å². The number of carbonyl (C=O) groups is 1. The molecule has 0 aliphatic carbocycles. The number of nitrogens with zero attached hydrogens (tertiary/aromatic N) is 1. The van der Waals surface area contributed by atoms with E-state index in [9.17, 15) is 4.79 Å². The van der Waals surface area contributed by atoms with Gasteiger partial charge in [-0.2, -0.15) is 0 Å². The Morgan fingerprint density at radius 3 is 2.33 bits per heavy atom. The summed E-state index contributed by atoms with van der Waals surface area (Å²) in [4.78, 5) is 13.3. The molecule has 0 saturated carbocycles. The third-order valence-electron chi connectivity index (χ3n) is 2.60. The van der Waals surface area contributed by atoms with Crippen LogP contribution in [0.1, 0.15) is 33.1 Å². The third kappa shape index (κ3) is 1.92. The van der Waals surface area contributed by atoms with Crippen LogP contribution in [-0.2, 0) is 4.79 Å². The molecule has 1 aliphatic heterocycles. The quantitative estimate of drug-likeness (QED) is 0.578. The van der Waals surface area contributed by atoms with Gasteiger partial charge in [0.2, 0.25) is 5.91 Å². The van der Waals surface area contributed by atoms with Gasteiger partial charge in [0.25, 0.3) is 0 Å². The van der Waals surface area contributed by atoms with Crippen molar-refractivity contribution in [1.29, 1.82) is 0 Å². The predicted molar refractivity (Wildman–Crippen MR) is 50.3 cm³/mol. The van der Waals surface area contributed by atoms with Crippen LogP contribution in [0.25, 0.3) is 0 Å². The Balaban J connectivity index is 2.62. The summed E-state index contributed by atoms with van der Waals surface area (Å²) in [6.07, 6.45) is 3.47.